The summed E-state index contributed by atoms with van der Waals surface area (Å²) in [7, 11) is 0. The number of dihydropyridines is 1. The molecule has 0 bridgehead atoms. The number of Topliss-reactive ketones (excluding diaryl/α,β-unsaturated/α-hetero) is 1. The van der Waals surface area contributed by atoms with Gasteiger partial charge in [-0.25, -0.2) is 4.79 Å². The highest BCUT2D eigenvalue weighted by Gasteiger charge is 2.40. The maximum atomic E-state index is 13.4. The van der Waals surface area contributed by atoms with Crippen molar-refractivity contribution in [1.29, 1.82) is 0 Å². The Morgan fingerprint density at radius 1 is 1.03 bits per heavy atom. The number of ketones is 1. The molecule has 178 valence electrons. The number of para-hydroxylation sites is 2. The Morgan fingerprint density at radius 2 is 1.76 bits per heavy atom. The fourth-order valence-electron chi connectivity index (χ4n) is 4.53. The van der Waals surface area contributed by atoms with Crippen LogP contribution < -0.4 is 14.8 Å². The molecular weight excluding hydrogens is 430 g/mol. The summed E-state index contributed by atoms with van der Waals surface area (Å²) in [5, 5.41) is 3.32. The molecule has 0 saturated carbocycles. The van der Waals surface area contributed by atoms with Gasteiger partial charge in [-0.2, -0.15) is 0 Å². The Kier molecular flexibility index (Phi) is 7.36. The molecule has 1 heterocycles. The predicted molar refractivity (Wildman–Crippen MR) is 130 cm³/mol. The fraction of sp³-hybridized carbons (Fsp3) is 0.357. The van der Waals surface area contributed by atoms with Crippen molar-refractivity contribution >= 4 is 11.8 Å². The average Bonchev–Trinajstić information content (AvgIpc) is 2.82. The number of nitrogens with one attached hydrogen (secondary N) is 1. The van der Waals surface area contributed by atoms with Crippen LogP contribution in [0.15, 0.2) is 77.1 Å². The average molecular weight is 462 g/mol. The third-order valence-electron chi connectivity index (χ3n) is 5.92. The van der Waals surface area contributed by atoms with Crippen LogP contribution in [0, 0.1) is 0 Å². The van der Waals surface area contributed by atoms with Gasteiger partial charge in [-0.3, -0.25) is 4.79 Å². The molecule has 2 aromatic rings. The van der Waals surface area contributed by atoms with Crippen molar-refractivity contribution in [3.8, 4) is 11.5 Å². The highest BCUT2D eigenvalue weighted by atomic mass is 16.6. The van der Waals surface area contributed by atoms with Crippen molar-refractivity contribution in [2.45, 2.75) is 52.1 Å². The fourth-order valence-corrected chi connectivity index (χ4v) is 4.53. The lowest BCUT2D eigenvalue weighted by Crippen LogP contribution is -2.35. The Labute approximate surface area is 200 Å². The van der Waals surface area contributed by atoms with E-state index in [0.717, 1.165) is 24.1 Å². The van der Waals surface area contributed by atoms with Crippen molar-refractivity contribution < 1.29 is 23.8 Å². The number of allylic oxidation sites excluding steroid dienone is 3. The van der Waals surface area contributed by atoms with Crippen LogP contribution in [0.2, 0.25) is 0 Å². The third kappa shape index (κ3) is 5.16. The number of ether oxygens (including phenoxy) is 3. The zero-order valence-electron chi connectivity index (χ0n) is 19.9. The molecular formula is C28H31NO5. The molecule has 1 unspecified atom stereocenters. The number of carbonyl (C=O) groups is 2. The molecule has 0 radical (unpaired) electrons. The molecule has 0 amide bonds. The monoisotopic (exact) mass is 461 g/mol. The smallest absolute Gasteiger partial charge is 0.336 e. The van der Waals surface area contributed by atoms with E-state index in [-0.39, 0.29) is 25.1 Å². The van der Waals surface area contributed by atoms with Crippen LogP contribution in [0.3, 0.4) is 0 Å². The summed E-state index contributed by atoms with van der Waals surface area (Å²) in [6.45, 7) is 6.11. The third-order valence-corrected chi connectivity index (χ3v) is 5.92. The minimum absolute atomic E-state index is 0.0472. The maximum Gasteiger partial charge on any atom is 0.336 e. The summed E-state index contributed by atoms with van der Waals surface area (Å²) in [5.41, 5.74) is 3.47. The van der Waals surface area contributed by atoms with Gasteiger partial charge in [0, 0.05) is 29.0 Å². The van der Waals surface area contributed by atoms with E-state index in [0.29, 0.717) is 34.8 Å². The van der Waals surface area contributed by atoms with Gasteiger partial charge in [-0.1, -0.05) is 36.4 Å². The summed E-state index contributed by atoms with van der Waals surface area (Å²) in [6.07, 6.45) is 1.99. The number of benzene rings is 2. The molecule has 4 rings (SSSR count). The van der Waals surface area contributed by atoms with E-state index < -0.39 is 11.9 Å². The standard InChI is InChI=1S/C28H31NO5/c1-18(2)34-24-15-8-7-12-21(24)26-25(19(3)29-22-13-9-14-23(30)27(22)26)28(31)33-17-16-32-20-10-5-4-6-11-20/h4-8,10-12,15,18,26,29H,9,13-14,16-17H2,1-3H3. The summed E-state index contributed by atoms with van der Waals surface area (Å²) in [5.74, 6) is 0.439. The largest absolute Gasteiger partial charge is 0.491 e. The molecule has 0 spiro atoms. The molecule has 2 aromatic carbocycles. The second-order valence-electron chi connectivity index (χ2n) is 8.77. The van der Waals surface area contributed by atoms with Crippen molar-refractivity contribution in [2.24, 2.45) is 0 Å². The van der Waals surface area contributed by atoms with Gasteiger partial charge in [0.05, 0.1) is 17.6 Å². The van der Waals surface area contributed by atoms with Crippen LogP contribution in [0.5, 0.6) is 11.5 Å². The van der Waals surface area contributed by atoms with Crippen LogP contribution in [0.25, 0.3) is 0 Å². The van der Waals surface area contributed by atoms with Crippen molar-refractivity contribution in [1.82, 2.24) is 5.32 Å². The lowest BCUT2D eigenvalue weighted by molar-refractivity contribution is -0.140. The zero-order valence-corrected chi connectivity index (χ0v) is 19.9. The van der Waals surface area contributed by atoms with Crippen LogP contribution in [0.1, 0.15) is 51.5 Å². The number of esters is 1. The van der Waals surface area contributed by atoms with Crippen molar-refractivity contribution in [3.63, 3.8) is 0 Å². The second kappa shape index (κ2) is 10.6. The van der Waals surface area contributed by atoms with E-state index in [2.05, 4.69) is 5.32 Å². The van der Waals surface area contributed by atoms with Gasteiger partial charge < -0.3 is 19.5 Å². The predicted octanol–water partition coefficient (Wildman–Crippen LogP) is 5.06. The minimum Gasteiger partial charge on any atom is -0.491 e. The normalized spacial score (nSPS) is 17.9. The number of carbonyl (C=O) groups excluding carboxylic acids is 2. The van der Waals surface area contributed by atoms with Crippen LogP contribution >= 0.6 is 0 Å². The van der Waals surface area contributed by atoms with E-state index in [1.165, 1.54) is 0 Å². The molecule has 0 aromatic heterocycles. The Morgan fingerprint density at radius 3 is 2.53 bits per heavy atom. The molecule has 1 aliphatic heterocycles. The quantitative estimate of drug-likeness (QED) is 0.437. The Bertz CT molecular complexity index is 1120. The molecule has 6 nitrogen and oxygen atoms in total. The van der Waals surface area contributed by atoms with E-state index in [1.54, 1.807) is 0 Å². The molecule has 1 aliphatic carbocycles. The first kappa shape index (κ1) is 23.6. The molecule has 0 saturated heterocycles. The van der Waals surface area contributed by atoms with Gasteiger partial charge >= 0.3 is 5.97 Å². The minimum atomic E-state index is -0.540. The van der Waals surface area contributed by atoms with Crippen molar-refractivity contribution in [3.05, 3.63) is 82.7 Å². The Hall–Kier alpha value is -3.54. The maximum absolute atomic E-state index is 13.4. The van der Waals surface area contributed by atoms with Crippen LogP contribution in [0.4, 0.5) is 0 Å². The Balaban J connectivity index is 1.62. The highest BCUT2D eigenvalue weighted by Crippen LogP contribution is 2.45. The van der Waals surface area contributed by atoms with Crippen molar-refractivity contribution in [2.75, 3.05) is 13.2 Å². The first-order chi connectivity index (χ1) is 16.5. The van der Waals surface area contributed by atoms with Gasteiger partial charge in [0.1, 0.15) is 24.7 Å². The molecule has 34 heavy (non-hydrogen) atoms. The summed E-state index contributed by atoms with van der Waals surface area (Å²) < 4.78 is 17.4. The topological polar surface area (TPSA) is 73.9 Å². The molecule has 6 heteroatoms. The molecule has 1 N–H and O–H groups in total. The van der Waals surface area contributed by atoms with Gasteiger partial charge in [0.25, 0.3) is 0 Å². The summed E-state index contributed by atoms with van der Waals surface area (Å²) in [6, 6.07) is 17.0. The first-order valence-corrected chi connectivity index (χ1v) is 11.8. The SMILES string of the molecule is CC1=C(C(=O)OCCOc2ccccc2)C(c2ccccc2OC(C)C)C2=C(CCCC2=O)N1. The highest BCUT2D eigenvalue weighted by molar-refractivity contribution is 6.04. The second-order valence-corrected chi connectivity index (χ2v) is 8.77. The summed E-state index contributed by atoms with van der Waals surface area (Å²) in [4.78, 5) is 26.5. The summed E-state index contributed by atoms with van der Waals surface area (Å²) >= 11 is 0. The van der Waals surface area contributed by atoms with Gasteiger partial charge in [-0.15, -0.1) is 0 Å². The van der Waals surface area contributed by atoms with E-state index >= 15 is 0 Å². The lowest BCUT2D eigenvalue weighted by atomic mass is 9.75. The number of hydrogen-bond donors (Lipinski definition) is 1. The van der Waals surface area contributed by atoms with Gasteiger partial charge in [0.2, 0.25) is 0 Å². The van der Waals surface area contributed by atoms with E-state index in [4.69, 9.17) is 14.2 Å². The van der Waals surface area contributed by atoms with Gasteiger partial charge in [-0.05, 0) is 51.8 Å². The lowest BCUT2D eigenvalue weighted by Gasteiger charge is -2.35. The zero-order chi connectivity index (χ0) is 24.1. The van der Waals surface area contributed by atoms with E-state index in [9.17, 15) is 9.59 Å². The molecule has 1 atom stereocenters. The first-order valence-electron chi connectivity index (χ1n) is 11.8. The van der Waals surface area contributed by atoms with E-state index in [1.807, 2.05) is 75.4 Å². The molecule has 0 fully saturated rings. The molecule has 2 aliphatic rings. The van der Waals surface area contributed by atoms with Crippen LogP contribution in [-0.2, 0) is 14.3 Å². The van der Waals surface area contributed by atoms with Crippen LogP contribution in [-0.4, -0.2) is 31.1 Å². The van der Waals surface area contributed by atoms with Gasteiger partial charge in [0.15, 0.2) is 5.78 Å². The number of rotatable bonds is 8. The number of hydrogen-bond acceptors (Lipinski definition) is 6.